The van der Waals surface area contributed by atoms with Crippen LogP contribution in [0.3, 0.4) is 0 Å². The lowest BCUT2D eigenvalue weighted by Gasteiger charge is -2.38. The largest absolute Gasteiger partial charge is 0.354 e. The number of benzene rings is 1. The number of rotatable bonds is 4. The molecule has 3 atom stereocenters. The van der Waals surface area contributed by atoms with Crippen LogP contribution >= 0.6 is 0 Å². The van der Waals surface area contributed by atoms with Gasteiger partial charge in [0.05, 0.1) is 12.0 Å². The molecule has 3 rings (SSSR count). The van der Waals surface area contributed by atoms with E-state index in [0.29, 0.717) is 25.4 Å². The van der Waals surface area contributed by atoms with E-state index in [4.69, 9.17) is 0 Å². The molecule has 0 aliphatic carbocycles. The zero-order valence-electron chi connectivity index (χ0n) is 13.6. The lowest BCUT2D eigenvalue weighted by molar-refractivity contribution is -0.141. The summed E-state index contributed by atoms with van der Waals surface area (Å²) in [5, 5.41) is 6.48. The van der Waals surface area contributed by atoms with E-state index in [0.717, 1.165) is 18.5 Å². The Morgan fingerprint density at radius 1 is 1.30 bits per heavy atom. The Morgan fingerprint density at radius 3 is 2.78 bits per heavy atom. The molecule has 1 aromatic rings. The Kier molecular flexibility index (Phi) is 4.96. The average Bonchev–Trinajstić information content (AvgIpc) is 3.09. The van der Waals surface area contributed by atoms with Gasteiger partial charge in [0.2, 0.25) is 11.8 Å². The third kappa shape index (κ3) is 3.55. The molecule has 1 aromatic carbocycles. The van der Waals surface area contributed by atoms with Gasteiger partial charge in [-0.3, -0.25) is 9.59 Å². The fraction of sp³-hybridized carbons (Fsp3) is 0.556. The molecule has 2 saturated heterocycles. The highest BCUT2D eigenvalue weighted by atomic mass is 16.2. The van der Waals surface area contributed by atoms with Crippen molar-refractivity contribution in [3.8, 4) is 0 Å². The van der Waals surface area contributed by atoms with Gasteiger partial charge >= 0.3 is 0 Å². The van der Waals surface area contributed by atoms with Crippen molar-refractivity contribution in [2.75, 3.05) is 20.1 Å². The average molecular weight is 315 g/mol. The van der Waals surface area contributed by atoms with Gasteiger partial charge in [-0.15, -0.1) is 0 Å². The minimum atomic E-state index is -0.179. The summed E-state index contributed by atoms with van der Waals surface area (Å²) in [6, 6.07) is 10.1. The van der Waals surface area contributed by atoms with Crippen LogP contribution in [0.1, 0.15) is 37.3 Å². The van der Waals surface area contributed by atoms with Crippen LogP contribution < -0.4 is 10.6 Å². The maximum atomic E-state index is 12.7. The van der Waals surface area contributed by atoms with Crippen LogP contribution in [0.5, 0.6) is 0 Å². The van der Waals surface area contributed by atoms with E-state index in [1.165, 1.54) is 6.42 Å². The number of likely N-dealkylation sites (tertiary alicyclic amines) is 1. The molecule has 2 N–H and O–H groups in total. The van der Waals surface area contributed by atoms with Crippen molar-refractivity contribution >= 4 is 11.8 Å². The summed E-state index contributed by atoms with van der Waals surface area (Å²) >= 11 is 0. The molecule has 0 saturated carbocycles. The molecule has 2 fully saturated rings. The molecule has 0 aromatic heterocycles. The first-order valence-electron chi connectivity index (χ1n) is 8.48. The van der Waals surface area contributed by atoms with E-state index in [1.807, 2.05) is 30.3 Å². The van der Waals surface area contributed by atoms with Crippen molar-refractivity contribution in [1.29, 1.82) is 0 Å². The SMILES string of the molecule is CN1C(=O)CCC(C(=O)NCC2CCCN2)C1c1ccccc1. The van der Waals surface area contributed by atoms with Crippen molar-refractivity contribution in [2.24, 2.45) is 5.92 Å². The highest BCUT2D eigenvalue weighted by Crippen LogP contribution is 2.35. The Bertz CT molecular complexity index is 555. The van der Waals surface area contributed by atoms with Gasteiger partial charge in [-0.1, -0.05) is 30.3 Å². The number of carbonyl (C=O) groups is 2. The molecule has 2 amide bonds. The Labute approximate surface area is 137 Å². The second-order valence-electron chi connectivity index (χ2n) is 6.54. The highest BCUT2D eigenvalue weighted by Gasteiger charge is 2.38. The van der Waals surface area contributed by atoms with Crippen LogP contribution in [0.4, 0.5) is 0 Å². The van der Waals surface area contributed by atoms with E-state index in [1.54, 1.807) is 11.9 Å². The van der Waals surface area contributed by atoms with Gasteiger partial charge in [0.1, 0.15) is 0 Å². The van der Waals surface area contributed by atoms with E-state index in [-0.39, 0.29) is 23.8 Å². The van der Waals surface area contributed by atoms with E-state index >= 15 is 0 Å². The zero-order valence-corrected chi connectivity index (χ0v) is 13.6. The molecule has 3 unspecified atom stereocenters. The smallest absolute Gasteiger partial charge is 0.225 e. The van der Waals surface area contributed by atoms with Crippen molar-refractivity contribution in [3.63, 3.8) is 0 Å². The minimum Gasteiger partial charge on any atom is -0.354 e. The third-order valence-electron chi connectivity index (χ3n) is 5.02. The van der Waals surface area contributed by atoms with Crippen LogP contribution in [-0.4, -0.2) is 42.9 Å². The zero-order chi connectivity index (χ0) is 16.2. The van der Waals surface area contributed by atoms with Crippen LogP contribution in [0, 0.1) is 5.92 Å². The molecule has 0 radical (unpaired) electrons. The summed E-state index contributed by atoms with van der Waals surface area (Å²) in [6.45, 7) is 1.71. The van der Waals surface area contributed by atoms with Crippen molar-refractivity contribution in [1.82, 2.24) is 15.5 Å². The molecule has 0 spiro atoms. The highest BCUT2D eigenvalue weighted by molar-refractivity contribution is 5.84. The first-order valence-corrected chi connectivity index (χ1v) is 8.48. The van der Waals surface area contributed by atoms with Gasteiger partial charge in [0, 0.05) is 26.1 Å². The van der Waals surface area contributed by atoms with E-state index < -0.39 is 0 Å². The van der Waals surface area contributed by atoms with Crippen LogP contribution in [0.25, 0.3) is 0 Å². The summed E-state index contributed by atoms with van der Waals surface area (Å²) in [6.07, 6.45) is 3.35. The lowest BCUT2D eigenvalue weighted by atomic mass is 9.84. The van der Waals surface area contributed by atoms with Crippen LogP contribution in [-0.2, 0) is 9.59 Å². The molecule has 0 bridgehead atoms. The second-order valence-corrected chi connectivity index (χ2v) is 6.54. The normalized spacial score (nSPS) is 28.0. The van der Waals surface area contributed by atoms with Crippen molar-refractivity contribution in [2.45, 2.75) is 37.8 Å². The summed E-state index contributed by atoms with van der Waals surface area (Å²) in [4.78, 5) is 26.5. The summed E-state index contributed by atoms with van der Waals surface area (Å²) < 4.78 is 0. The molecule has 5 nitrogen and oxygen atoms in total. The molecular weight excluding hydrogens is 290 g/mol. The van der Waals surface area contributed by atoms with Crippen LogP contribution in [0.15, 0.2) is 30.3 Å². The van der Waals surface area contributed by atoms with Crippen molar-refractivity contribution < 1.29 is 9.59 Å². The number of piperidine rings is 1. The third-order valence-corrected chi connectivity index (χ3v) is 5.02. The Hall–Kier alpha value is -1.88. The standard InChI is InChI=1S/C18H25N3O2/c1-21-16(22)10-9-15(17(21)13-6-3-2-4-7-13)18(23)20-12-14-8-5-11-19-14/h2-4,6-7,14-15,17,19H,5,8-12H2,1H3,(H,20,23). The molecule has 5 heteroatoms. The van der Waals surface area contributed by atoms with Gasteiger partial charge in [-0.25, -0.2) is 0 Å². The first kappa shape index (κ1) is 16.0. The number of nitrogens with one attached hydrogen (secondary N) is 2. The minimum absolute atomic E-state index is 0.0619. The van der Waals surface area contributed by atoms with Gasteiger partial charge < -0.3 is 15.5 Å². The Balaban J connectivity index is 1.72. The second kappa shape index (κ2) is 7.13. The fourth-order valence-corrected chi connectivity index (χ4v) is 3.70. The predicted molar refractivity (Wildman–Crippen MR) is 88.7 cm³/mol. The summed E-state index contributed by atoms with van der Waals surface area (Å²) in [7, 11) is 1.80. The number of nitrogens with zero attached hydrogens (tertiary/aromatic N) is 1. The molecule has 124 valence electrons. The summed E-state index contributed by atoms with van der Waals surface area (Å²) in [5.74, 6) is -0.00577. The van der Waals surface area contributed by atoms with Crippen molar-refractivity contribution in [3.05, 3.63) is 35.9 Å². The van der Waals surface area contributed by atoms with Gasteiger partial charge in [0.15, 0.2) is 0 Å². The maximum absolute atomic E-state index is 12.7. The summed E-state index contributed by atoms with van der Waals surface area (Å²) in [5.41, 5.74) is 1.03. The quantitative estimate of drug-likeness (QED) is 0.884. The molecular formula is C18H25N3O2. The fourth-order valence-electron chi connectivity index (χ4n) is 3.70. The van der Waals surface area contributed by atoms with Gasteiger partial charge in [-0.2, -0.15) is 0 Å². The first-order chi connectivity index (χ1) is 11.2. The van der Waals surface area contributed by atoms with Gasteiger partial charge in [0.25, 0.3) is 0 Å². The van der Waals surface area contributed by atoms with Crippen LogP contribution in [0.2, 0.25) is 0 Å². The predicted octanol–water partition coefficient (Wildman–Crippen LogP) is 1.46. The molecule has 23 heavy (non-hydrogen) atoms. The lowest BCUT2D eigenvalue weighted by Crippen LogP contribution is -2.48. The van der Waals surface area contributed by atoms with E-state index in [2.05, 4.69) is 10.6 Å². The Morgan fingerprint density at radius 2 is 2.09 bits per heavy atom. The molecule has 2 aliphatic rings. The van der Waals surface area contributed by atoms with Gasteiger partial charge in [-0.05, 0) is 31.4 Å². The number of amides is 2. The maximum Gasteiger partial charge on any atom is 0.225 e. The molecule has 2 aliphatic heterocycles. The number of hydrogen-bond donors (Lipinski definition) is 2. The monoisotopic (exact) mass is 315 g/mol. The van der Waals surface area contributed by atoms with E-state index in [9.17, 15) is 9.59 Å². The number of hydrogen-bond acceptors (Lipinski definition) is 3. The topological polar surface area (TPSA) is 61.4 Å². The molecule has 2 heterocycles. The number of carbonyl (C=O) groups excluding carboxylic acids is 2.